The van der Waals surface area contributed by atoms with E-state index in [4.69, 9.17) is 14.2 Å². The molecule has 0 radical (unpaired) electrons. The van der Waals surface area contributed by atoms with Gasteiger partial charge >= 0.3 is 0 Å². The fourth-order valence-corrected chi connectivity index (χ4v) is 2.45. The maximum atomic E-state index is 9.93. The van der Waals surface area contributed by atoms with Crippen molar-refractivity contribution in [2.45, 2.75) is 37.3 Å². The van der Waals surface area contributed by atoms with Crippen LogP contribution in [0.4, 0.5) is 0 Å². The Kier molecular flexibility index (Phi) is 3.42. The van der Waals surface area contributed by atoms with Crippen LogP contribution in [-0.2, 0) is 14.2 Å². The molecule has 0 aromatic heterocycles. The lowest BCUT2D eigenvalue weighted by molar-refractivity contribution is -0.331. The molecule has 0 spiro atoms. The lowest BCUT2D eigenvalue weighted by Crippen LogP contribution is -2.54. The van der Waals surface area contributed by atoms with E-state index in [1.165, 1.54) is 0 Å². The van der Waals surface area contributed by atoms with E-state index >= 15 is 0 Å². The smallest absolute Gasteiger partial charge is 0.188 e. The van der Waals surface area contributed by atoms with Gasteiger partial charge in [-0.15, -0.1) is 0 Å². The predicted molar refractivity (Wildman–Crippen MR) is 63.2 cm³/mol. The Labute approximate surface area is 110 Å². The number of aliphatic hydroxyl groups excluding tert-OH is 2. The van der Waals surface area contributed by atoms with Crippen molar-refractivity contribution in [2.24, 2.45) is 0 Å². The van der Waals surface area contributed by atoms with Gasteiger partial charge in [0.25, 0.3) is 0 Å². The molecule has 1 aromatic carbocycles. The average molecular weight is 268 g/mol. The van der Waals surface area contributed by atoms with Crippen molar-refractivity contribution < 1.29 is 29.5 Å². The third-order valence-corrected chi connectivity index (χ3v) is 3.40. The van der Waals surface area contributed by atoms with Crippen LogP contribution in [0.5, 0.6) is 5.75 Å². The van der Waals surface area contributed by atoms with Gasteiger partial charge in [0.15, 0.2) is 12.6 Å². The van der Waals surface area contributed by atoms with Crippen LogP contribution in [-0.4, -0.2) is 46.5 Å². The Bertz CT molecular complexity index is 451. The molecular weight excluding hydrogens is 252 g/mol. The molecule has 104 valence electrons. The topological polar surface area (TPSA) is 88.4 Å². The first-order valence-corrected chi connectivity index (χ1v) is 6.21. The zero-order chi connectivity index (χ0) is 13.4. The number of phenols is 1. The lowest BCUT2D eigenvalue weighted by atomic mass is 10.0. The molecule has 0 amide bonds. The number of hydrogen-bond donors (Lipinski definition) is 3. The Morgan fingerprint density at radius 1 is 1.11 bits per heavy atom. The molecule has 6 heteroatoms. The predicted octanol–water partition coefficient (Wildman–Crippen LogP) is 0.274. The number of aromatic hydroxyl groups is 1. The van der Waals surface area contributed by atoms with Crippen LogP contribution in [0.1, 0.15) is 18.3 Å². The standard InChI is InChI=1S/C13H16O6/c14-8-4-2-1-3-7(8)13-17-6-10-12(19-13)9(15)5-11(16)18-10/h1-4,9-16H,5-6H2/t9-,10-,11?,12+,13?/m1/s1. The molecule has 2 aliphatic rings. The third kappa shape index (κ3) is 2.45. The summed E-state index contributed by atoms with van der Waals surface area (Å²) >= 11 is 0. The molecule has 2 heterocycles. The van der Waals surface area contributed by atoms with Crippen molar-refractivity contribution in [2.75, 3.05) is 6.61 Å². The number of benzene rings is 1. The van der Waals surface area contributed by atoms with Crippen LogP contribution in [0.3, 0.4) is 0 Å². The fourth-order valence-electron chi connectivity index (χ4n) is 2.45. The summed E-state index contributed by atoms with van der Waals surface area (Å²) < 4.78 is 16.4. The molecule has 0 saturated carbocycles. The van der Waals surface area contributed by atoms with E-state index in [-0.39, 0.29) is 18.8 Å². The Balaban J connectivity index is 1.77. The zero-order valence-electron chi connectivity index (χ0n) is 10.2. The van der Waals surface area contributed by atoms with Crippen molar-refractivity contribution in [1.82, 2.24) is 0 Å². The van der Waals surface area contributed by atoms with Gasteiger partial charge in [-0.1, -0.05) is 18.2 Å². The van der Waals surface area contributed by atoms with E-state index in [0.717, 1.165) is 0 Å². The minimum atomic E-state index is -0.995. The molecule has 2 aliphatic heterocycles. The largest absolute Gasteiger partial charge is 0.507 e. The quantitative estimate of drug-likeness (QED) is 0.678. The summed E-state index contributed by atoms with van der Waals surface area (Å²) in [7, 11) is 0. The van der Waals surface area contributed by atoms with Gasteiger partial charge in [-0.05, 0) is 6.07 Å². The molecule has 2 unspecified atom stereocenters. The Hall–Kier alpha value is -1.18. The van der Waals surface area contributed by atoms with Gasteiger partial charge in [0.05, 0.1) is 12.7 Å². The highest BCUT2D eigenvalue weighted by Crippen LogP contribution is 2.36. The molecule has 2 saturated heterocycles. The van der Waals surface area contributed by atoms with Crippen molar-refractivity contribution in [1.29, 1.82) is 0 Å². The van der Waals surface area contributed by atoms with E-state index in [1.807, 2.05) is 0 Å². The maximum absolute atomic E-state index is 9.93. The van der Waals surface area contributed by atoms with E-state index in [0.29, 0.717) is 5.56 Å². The molecular formula is C13H16O6. The second kappa shape index (κ2) is 5.07. The second-order valence-electron chi connectivity index (χ2n) is 4.76. The van der Waals surface area contributed by atoms with Crippen LogP contribution >= 0.6 is 0 Å². The Morgan fingerprint density at radius 3 is 2.68 bits per heavy atom. The second-order valence-corrected chi connectivity index (χ2v) is 4.76. The number of para-hydroxylation sites is 1. The molecule has 1 aromatic rings. The summed E-state index contributed by atoms with van der Waals surface area (Å²) in [5.41, 5.74) is 0.513. The van der Waals surface area contributed by atoms with Gasteiger partial charge < -0.3 is 29.5 Å². The van der Waals surface area contributed by atoms with Crippen LogP contribution in [0.15, 0.2) is 24.3 Å². The van der Waals surface area contributed by atoms with Gasteiger partial charge in [-0.25, -0.2) is 0 Å². The summed E-state index contributed by atoms with van der Waals surface area (Å²) in [6.45, 7) is 0.192. The van der Waals surface area contributed by atoms with Crippen molar-refractivity contribution in [3.05, 3.63) is 29.8 Å². The molecule has 0 aliphatic carbocycles. The van der Waals surface area contributed by atoms with Gasteiger partial charge in [0, 0.05) is 12.0 Å². The minimum absolute atomic E-state index is 0.0807. The highest BCUT2D eigenvalue weighted by molar-refractivity contribution is 5.33. The highest BCUT2D eigenvalue weighted by Gasteiger charge is 2.43. The van der Waals surface area contributed by atoms with Crippen molar-refractivity contribution >= 4 is 0 Å². The summed E-state index contributed by atoms with van der Waals surface area (Å²) in [5, 5.41) is 29.1. The first-order chi connectivity index (χ1) is 9.15. The minimum Gasteiger partial charge on any atom is -0.507 e. The number of rotatable bonds is 1. The highest BCUT2D eigenvalue weighted by atomic mass is 16.7. The zero-order valence-corrected chi connectivity index (χ0v) is 10.2. The van der Waals surface area contributed by atoms with Gasteiger partial charge in [-0.2, -0.15) is 0 Å². The molecule has 19 heavy (non-hydrogen) atoms. The number of phenolic OH excluding ortho intramolecular Hbond substituents is 1. The van der Waals surface area contributed by atoms with E-state index < -0.39 is 30.9 Å². The summed E-state index contributed by atoms with van der Waals surface area (Å²) in [4.78, 5) is 0. The van der Waals surface area contributed by atoms with Gasteiger partial charge in [0.1, 0.15) is 18.0 Å². The summed E-state index contributed by atoms with van der Waals surface area (Å²) in [5.74, 6) is 0.0807. The summed E-state index contributed by atoms with van der Waals surface area (Å²) in [6.07, 6.45) is -3.51. The van der Waals surface area contributed by atoms with E-state index in [9.17, 15) is 15.3 Å². The van der Waals surface area contributed by atoms with Crippen molar-refractivity contribution in [3.63, 3.8) is 0 Å². The number of hydrogen-bond acceptors (Lipinski definition) is 6. The van der Waals surface area contributed by atoms with E-state index in [1.54, 1.807) is 24.3 Å². The van der Waals surface area contributed by atoms with Crippen LogP contribution in [0.2, 0.25) is 0 Å². The Morgan fingerprint density at radius 2 is 1.89 bits per heavy atom. The molecule has 3 rings (SSSR count). The number of aliphatic hydroxyl groups is 2. The van der Waals surface area contributed by atoms with E-state index in [2.05, 4.69) is 0 Å². The molecule has 6 nitrogen and oxygen atoms in total. The van der Waals surface area contributed by atoms with Crippen LogP contribution in [0, 0.1) is 0 Å². The third-order valence-electron chi connectivity index (χ3n) is 3.40. The monoisotopic (exact) mass is 268 g/mol. The SMILES string of the molecule is Oc1ccccc1C1OC[C@H]2OC(O)C[C@@H](O)[C@@H]2O1. The number of fused-ring (bicyclic) bond motifs is 1. The normalized spacial score (nSPS) is 38.7. The molecule has 0 bridgehead atoms. The van der Waals surface area contributed by atoms with Gasteiger partial charge in [0.2, 0.25) is 0 Å². The molecule has 2 fully saturated rings. The van der Waals surface area contributed by atoms with Crippen molar-refractivity contribution in [3.8, 4) is 5.75 Å². The van der Waals surface area contributed by atoms with Crippen LogP contribution in [0.25, 0.3) is 0 Å². The first kappa shape index (κ1) is 12.8. The first-order valence-electron chi connectivity index (χ1n) is 6.21. The van der Waals surface area contributed by atoms with Gasteiger partial charge in [-0.3, -0.25) is 0 Å². The molecule has 3 N–H and O–H groups in total. The number of ether oxygens (including phenoxy) is 3. The molecule has 5 atom stereocenters. The summed E-state index contributed by atoms with van der Waals surface area (Å²) in [6, 6.07) is 6.72. The lowest BCUT2D eigenvalue weighted by Gasteiger charge is -2.43. The fraction of sp³-hybridized carbons (Fsp3) is 0.538. The maximum Gasteiger partial charge on any atom is 0.188 e. The van der Waals surface area contributed by atoms with Crippen LogP contribution < -0.4 is 0 Å². The average Bonchev–Trinajstić information content (AvgIpc) is 2.39.